The third-order valence-corrected chi connectivity index (χ3v) is 6.47. The van der Waals surface area contributed by atoms with Gasteiger partial charge in [-0.2, -0.15) is 0 Å². The van der Waals surface area contributed by atoms with Crippen LogP contribution >= 0.6 is 0 Å². The number of Topliss-reactive ketones (excluding diaryl/α,β-unsaturated/α-hetero) is 1. The normalized spacial score (nSPS) is 12.7. The summed E-state index contributed by atoms with van der Waals surface area (Å²) >= 11 is 0. The van der Waals surface area contributed by atoms with Crippen molar-refractivity contribution >= 4 is 11.8 Å². The fourth-order valence-corrected chi connectivity index (χ4v) is 4.30. The number of rotatable bonds is 17. The van der Waals surface area contributed by atoms with Crippen LogP contribution in [0.3, 0.4) is 0 Å². The topological polar surface area (TPSA) is 104 Å². The SMILES string of the molecule is CCCCCC(CC[C@H](C(=O)O)C(=O)c1ccc(CNCc2ccccn2)cc1)NCc1ccccn1. The first kappa shape index (κ1) is 28.2. The van der Waals surface area contributed by atoms with E-state index < -0.39 is 11.9 Å². The van der Waals surface area contributed by atoms with Gasteiger partial charge < -0.3 is 15.7 Å². The highest BCUT2D eigenvalue weighted by atomic mass is 16.4. The van der Waals surface area contributed by atoms with Crippen molar-refractivity contribution in [2.45, 2.75) is 71.1 Å². The Hall–Kier alpha value is -3.42. The number of aromatic nitrogens is 2. The molecule has 0 saturated carbocycles. The second kappa shape index (κ2) is 15.6. The van der Waals surface area contributed by atoms with Crippen molar-refractivity contribution in [2.75, 3.05) is 0 Å². The van der Waals surface area contributed by atoms with E-state index in [-0.39, 0.29) is 11.8 Å². The number of nitrogens with one attached hydrogen (secondary N) is 2. The summed E-state index contributed by atoms with van der Waals surface area (Å²) in [6.07, 6.45) is 8.72. The van der Waals surface area contributed by atoms with Crippen molar-refractivity contribution in [3.05, 3.63) is 95.6 Å². The van der Waals surface area contributed by atoms with Gasteiger partial charge in [-0.25, -0.2) is 0 Å². The average molecular weight is 503 g/mol. The minimum absolute atomic E-state index is 0.135. The van der Waals surface area contributed by atoms with Gasteiger partial charge >= 0.3 is 5.97 Å². The molecule has 0 amide bonds. The fraction of sp³-hybridized carbons (Fsp3) is 0.400. The molecule has 196 valence electrons. The summed E-state index contributed by atoms with van der Waals surface area (Å²) < 4.78 is 0. The van der Waals surface area contributed by atoms with E-state index in [0.717, 1.165) is 42.6 Å². The zero-order chi connectivity index (χ0) is 26.3. The molecule has 0 radical (unpaired) electrons. The maximum absolute atomic E-state index is 13.1. The van der Waals surface area contributed by atoms with Gasteiger partial charge in [0.05, 0.1) is 11.4 Å². The molecule has 0 fully saturated rings. The summed E-state index contributed by atoms with van der Waals surface area (Å²) in [4.78, 5) is 33.8. The molecule has 2 atom stereocenters. The number of hydrogen-bond acceptors (Lipinski definition) is 6. The highest BCUT2D eigenvalue weighted by Crippen LogP contribution is 2.19. The van der Waals surface area contributed by atoms with Gasteiger partial charge in [0.1, 0.15) is 5.92 Å². The van der Waals surface area contributed by atoms with Gasteiger partial charge in [-0.1, -0.05) is 62.6 Å². The smallest absolute Gasteiger partial charge is 0.314 e. The van der Waals surface area contributed by atoms with Crippen LogP contribution in [0.2, 0.25) is 0 Å². The molecule has 0 saturated heterocycles. The van der Waals surface area contributed by atoms with Crippen molar-refractivity contribution in [3.8, 4) is 0 Å². The number of nitrogens with zero attached hydrogens (tertiary/aromatic N) is 2. The summed E-state index contributed by atoms with van der Waals surface area (Å²) in [6, 6.07) is 19.0. The first-order valence-corrected chi connectivity index (χ1v) is 13.2. The molecule has 37 heavy (non-hydrogen) atoms. The molecule has 7 heteroatoms. The molecule has 3 rings (SSSR count). The number of benzene rings is 1. The van der Waals surface area contributed by atoms with Crippen molar-refractivity contribution in [1.29, 1.82) is 0 Å². The van der Waals surface area contributed by atoms with E-state index in [4.69, 9.17) is 0 Å². The summed E-state index contributed by atoms with van der Waals surface area (Å²) in [5.41, 5.74) is 3.36. The molecule has 2 aromatic heterocycles. The van der Waals surface area contributed by atoms with Gasteiger partial charge in [0.2, 0.25) is 0 Å². The number of unbranched alkanes of at least 4 members (excludes halogenated alkanes) is 2. The second-order valence-corrected chi connectivity index (χ2v) is 9.35. The van der Waals surface area contributed by atoms with Crippen LogP contribution < -0.4 is 10.6 Å². The van der Waals surface area contributed by atoms with E-state index in [1.807, 2.05) is 48.5 Å². The molecule has 0 aliphatic carbocycles. The first-order chi connectivity index (χ1) is 18.1. The lowest BCUT2D eigenvalue weighted by Gasteiger charge is -2.20. The third kappa shape index (κ3) is 9.86. The van der Waals surface area contributed by atoms with Crippen LogP contribution in [-0.2, 0) is 24.4 Å². The van der Waals surface area contributed by atoms with Crippen molar-refractivity contribution < 1.29 is 14.7 Å². The molecule has 3 N–H and O–H groups in total. The van der Waals surface area contributed by atoms with Crippen LogP contribution in [0.25, 0.3) is 0 Å². The Bertz CT molecular complexity index is 1080. The van der Waals surface area contributed by atoms with Crippen molar-refractivity contribution in [1.82, 2.24) is 20.6 Å². The monoisotopic (exact) mass is 502 g/mol. The number of carbonyl (C=O) groups is 2. The van der Waals surface area contributed by atoms with Crippen molar-refractivity contribution in [3.63, 3.8) is 0 Å². The van der Waals surface area contributed by atoms with Crippen molar-refractivity contribution in [2.24, 2.45) is 5.92 Å². The number of hydrogen-bond donors (Lipinski definition) is 3. The first-order valence-electron chi connectivity index (χ1n) is 13.2. The fourth-order valence-electron chi connectivity index (χ4n) is 4.30. The zero-order valence-electron chi connectivity index (χ0n) is 21.6. The molecule has 0 spiro atoms. The molecule has 0 aliphatic heterocycles. The second-order valence-electron chi connectivity index (χ2n) is 9.35. The van der Waals surface area contributed by atoms with Crippen LogP contribution in [0.4, 0.5) is 0 Å². The lowest BCUT2D eigenvalue weighted by atomic mass is 9.90. The molecular weight excluding hydrogens is 464 g/mol. The minimum atomic E-state index is -1.07. The van der Waals surface area contributed by atoms with Crippen LogP contribution in [0.15, 0.2) is 73.1 Å². The number of carbonyl (C=O) groups excluding carboxylic acids is 1. The molecule has 0 bridgehead atoms. The van der Waals surface area contributed by atoms with Gasteiger partial charge in [0.25, 0.3) is 0 Å². The van der Waals surface area contributed by atoms with E-state index in [1.54, 1.807) is 24.5 Å². The highest BCUT2D eigenvalue weighted by Gasteiger charge is 2.28. The minimum Gasteiger partial charge on any atom is -0.481 e. The largest absolute Gasteiger partial charge is 0.481 e. The number of aliphatic carboxylic acids is 1. The maximum Gasteiger partial charge on any atom is 0.314 e. The Morgan fingerprint density at radius 2 is 1.49 bits per heavy atom. The van der Waals surface area contributed by atoms with Gasteiger partial charge in [-0.3, -0.25) is 19.6 Å². The number of carboxylic acid groups (broad SMARTS) is 1. The van der Waals surface area contributed by atoms with Crippen LogP contribution in [0.1, 0.15) is 72.8 Å². The summed E-state index contributed by atoms with van der Waals surface area (Å²) in [6.45, 7) is 4.07. The number of ketones is 1. The van der Waals surface area contributed by atoms with Crippen LogP contribution in [0.5, 0.6) is 0 Å². The predicted molar refractivity (Wildman–Crippen MR) is 145 cm³/mol. The van der Waals surface area contributed by atoms with Crippen LogP contribution in [-0.4, -0.2) is 32.9 Å². The molecule has 7 nitrogen and oxygen atoms in total. The lowest BCUT2D eigenvalue weighted by Crippen LogP contribution is -2.32. The predicted octanol–water partition coefficient (Wildman–Crippen LogP) is 5.17. The quantitative estimate of drug-likeness (QED) is 0.133. The Labute approximate surface area is 219 Å². The summed E-state index contributed by atoms with van der Waals surface area (Å²) in [5, 5.41) is 16.7. The van der Waals surface area contributed by atoms with Gasteiger partial charge in [0, 0.05) is 43.6 Å². The molecule has 1 unspecified atom stereocenters. The molecule has 2 heterocycles. The number of carboxylic acids is 1. The lowest BCUT2D eigenvalue weighted by molar-refractivity contribution is -0.140. The van der Waals surface area contributed by atoms with E-state index in [2.05, 4.69) is 27.5 Å². The Balaban J connectivity index is 1.54. The molecule has 0 aliphatic rings. The average Bonchev–Trinajstić information content (AvgIpc) is 2.93. The van der Waals surface area contributed by atoms with E-state index in [9.17, 15) is 14.7 Å². The van der Waals surface area contributed by atoms with E-state index in [1.165, 1.54) is 0 Å². The maximum atomic E-state index is 13.1. The molecular formula is C30H38N4O3. The zero-order valence-corrected chi connectivity index (χ0v) is 21.6. The molecule has 3 aromatic rings. The van der Waals surface area contributed by atoms with E-state index in [0.29, 0.717) is 38.0 Å². The Morgan fingerprint density at radius 1 is 0.811 bits per heavy atom. The highest BCUT2D eigenvalue weighted by molar-refractivity contribution is 6.08. The van der Waals surface area contributed by atoms with E-state index >= 15 is 0 Å². The Morgan fingerprint density at radius 3 is 2.08 bits per heavy atom. The number of pyridine rings is 2. The van der Waals surface area contributed by atoms with Gasteiger partial charge in [-0.05, 0) is 49.1 Å². The standard InChI is InChI=1S/C30H38N4O3/c1-2-3-4-9-25(34-22-27-11-6-8-19-33-27)16-17-28(30(36)37)29(35)24-14-12-23(13-15-24)20-31-21-26-10-5-7-18-32-26/h5-8,10-15,18-19,25,28,31,34H,2-4,9,16-17,20-22H2,1H3,(H,36,37)/t25?,28-/m0/s1. The van der Waals surface area contributed by atoms with Gasteiger partial charge in [0.15, 0.2) is 5.78 Å². The van der Waals surface area contributed by atoms with Gasteiger partial charge in [-0.15, -0.1) is 0 Å². The molecule has 1 aromatic carbocycles. The summed E-state index contributed by atoms with van der Waals surface area (Å²) in [7, 11) is 0. The third-order valence-electron chi connectivity index (χ3n) is 6.47. The van der Waals surface area contributed by atoms with Crippen LogP contribution in [0, 0.1) is 5.92 Å². The summed E-state index contributed by atoms with van der Waals surface area (Å²) in [5.74, 6) is -2.46. The Kier molecular flexibility index (Phi) is 11.9.